The number of anilines is 2. The van der Waals surface area contributed by atoms with Crippen molar-refractivity contribution in [3.05, 3.63) is 59.2 Å². The average molecular weight is 445 g/mol. The molecule has 33 heavy (non-hydrogen) atoms. The van der Waals surface area contributed by atoms with Crippen molar-refractivity contribution in [3.63, 3.8) is 0 Å². The van der Waals surface area contributed by atoms with Gasteiger partial charge in [0.05, 0.1) is 6.07 Å². The summed E-state index contributed by atoms with van der Waals surface area (Å²) in [7, 11) is 0. The van der Waals surface area contributed by atoms with Crippen LogP contribution in [0.1, 0.15) is 65.3 Å². The Balaban J connectivity index is 1.51. The van der Waals surface area contributed by atoms with E-state index in [9.17, 15) is 14.9 Å². The summed E-state index contributed by atoms with van der Waals surface area (Å²) >= 11 is 0. The molecule has 2 aromatic carbocycles. The van der Waals surface area contributed by atoms with Crippen molar-refractivity contribution in [2.75, 3.05) is 18.4 Å². The maximum Gasteiger partial charge on any atom is 0.257 e. The number of hydrogen-bond donors (Lipinski definition) is 4. The first-order valence-electron chi connectivity index (χ1n) is 11.2. The molecule has 1 heterocycles. The molecule has 8 nitrogen and oxygen atoms in total. The molecule has 170 valence electrons. The summed E-state index contributed by atoms with van der Waals surface area (Å²) in [6.45, 7) is 5.64. The molecule has 1 aliphatic carbocycles. The third-order valence-corrected chi connectivity index (χ3v) is 5.79. The van der Waals surface area contributed by atoms with Gasteiger partial charge in [-0.3, -0.25) is 19.9 Å². The van der Waals surface area contributed by atoms with Crippen molar-refractivity contribution in [1.29, 1.82) is 5.26 Å². The van der Waals surface area contributed by atoms with E-state index in [0.717, 1.165) is 29.9 Å². The normalized spacial score (nSPS) is 16.1. The van der Waals surface area contributed by atoms with E-state index in [4.69, 9.17) is 0 Å². The molecule has 0 atom stereocenters. The van der Waals surface area contributed by atoms with Crippen LogP contribution < -0.4 is 21.3 Å². The molecule has 1 saturated carbocycles. The molecule has 4 N–H and O–H groups in total. The molecule has 1 fully saturated rings. The number of carbonyl (C=O) groups is 2. The molecule has 8 heteroatoms. The topological polar surface area (TPSA) is 118 Å². The van der Waals surface area contributed by atoms with Crippen molar-refractivity contribution < 1.29 is 9.59 Å². The molecule has 1 aliphatic heterocycles. The summed E-state index contributed by atoms with van der Waals surface area (Å²) in [5.41, 5.74) is 2.94. The van der Waals surface area contributed by atoms with Crippen LogP contribution in [-0.4, -0.2) is 36.4 Å². The minimum atomic E-state index is -0.708. The lowest BCUT2D eigenvalue weighted by Crippen LogP contribution is -2.43. The molecule has 2 aliphatic rings. The van der Waals surface area contributed by atoms with Gasteiger partial charge >= 0.3 is 0 Å². The number of guanidine groups is 1. The van der Waals surface area contributed by atoms with Gasteiger partial charge in [-0.25, -0.2) is 0 Å². The van der Waals surface area contributed by atoms with Crippen molar-refractivity contribution in [2.45, 2.75) is 44.6 Å². The summed E-state index contributed by atoms with van der Waals surface area (Å²) in [6.07, 6.45) is 2.34. The molecule has 0 spiro atoms. The Morgan fingerprint density at radius 3 is 2.58 bits per heavy atom. The predicted molar refractivity (Wildman–Crippen MR) is 128 cm³/mol. The SMILES string of the molecule is CC(C)c1cc(C(=O)NC2=NCCCN2)ccc1Nc1cccc(C(=O)NC2(C#N)CC2)c1. The molecular weight excluding hydrogens is 416 g/mol. The van der Waals surface area contributed by atoms with Gasteiger partial charge < -0.3 is 16.0 Å². The second-order valence-corrected chi connectivity index (χ2v) is 8.78. The fourth-order valence-corrected chi connectivity index (χ4v) is 3.66. The summed E-state index contributed by atoms with van der Waals surface area (Å²) in [4.78, 5) is 29.6. The number of rotatable bonds is 6. The number of carbonyl (C=O) groups excluding carboxylic acids is 2. The summed E-state index contributed by atoms with van der Waals surface area (Å²) in [5.74, 6) is 0.219. The van der Waals surface area contributed by atoms with Crippen LogP contribution in [-0.2, 0) is 0 Å². The number of amides is 2. The van der Waals surface area contributed by atoms with Crippen LogP contribution in [0.2, 0.25) is 0 Å². The second-order valence-electron chi connectivity index (χ2n) is 8.78. The summed E-state index contributed by atoms with van der Waals surface area (Å²) < 4.78 is 0. The van der Waals surface area contributed by atoms with E-state index in [2.05, 4.69) is 46.2 Å². The third-order valence-electron chi connectivity index (χ3n) is 5.79. The number of benzene rings is 2. The van der Waals surface area contributed by atoms with Gasteiger partial charge in [-0.05, 0) is 67.1 Å². The molecule has 0 aromatic heterocycles. The number of hydrogen-bond acceptors (Lipinski definition) is 6. The standard InChI is InChI=1S/C25H28N6O2/c1-16(2)20-14-18(22(32)30-24-27-11-4-12-28-24)7-8-21(20)29-19-6-3-5-17(13-19)23(33)31-25(15-26)9-10-25/h3,5-8,13-14,16,29H,4,9-12H2,1-2H3,(H,31,33)(H2,27,28,30,32). The minimum Gasteiger partial charge on any atom is -0.356 e. The number of nitrogens with zero attached hydrogens (tertiary/aromatic N) is 2. The average Bonchev–Trinajstić information content (AvgIpc) is 3.60. The van der Waals surface area contributed by atoms with Crippen molar-refractivity contribution in [3.8, 4) is 6.07 Å². The molecule has 2 amide bonds. The fourth-order valence-electron chi connectivity index (χ4n) is 3.66. The van der Waals surface area contributed by atoms with E-state index in [0.29, 0.717) is 36.5 Å². The monoisotopic (exact) mass is 444 g/mol. The van der Waals surface area contributed by atoms with Crippen LogP contribution in [0.15, 0.2) is 47.5 Å². The molecule has 0 radical (unpaired) electrons. The van der Waals surface area contributed by atoms with E-state index in [1.807, 2.05) is 18.2 Å². The van der Waals surface area contributed by atoms with Gasteiger partial charge in [-0.2, -0.15) is 5.26 Å². The van der Waals surface area contributed by atoms with Crippen LogP contribution in [0.25, 0.3) is 0 Å². The van der Waals surface area contributed by atoms with E-state index >= 15 is 0 Å². The first kappa shape index (κ1) is 22.3. The number of nitrogens with one attached hydrogen (secondary N) is 4. The fraction of sp³-hybridized carbons (Fsp3) is 0.360. The Kier molecular flexibility index (Phi) is 6.31. The highest BCUT2D eigenvalue weighted by atomic mass is 16.2. The van der Waals surface area contributed by atoms with Crippen LogP contribution in [0, 0.1) is 11.3 Å². The summed E-state index contributed by atoms with van der Waals surface area (Å²) in [6, 6.07) is 14.9. The number of nitriles is 1. The maximum atomic E-state index is 12.7. The zero-order valence-electron chi connectivity index (χ0n) is 18.9. The van der Waals surface area contributed by atoms with Crippen LogP contribution >= 0.6 is 0 Å². The summed E-state index contributed by atoms with van der Waals surface area (Å²) in [5, 5.41) is 21.3. The smallest absolute Gasteiger partial charge is 0.257 e. The van der Waals surface area contributed by atoms with Crippen molar-refractivity contribution in [1.82, 2.24) is 16.0 Å². The lowest BCUT2D eigenvalue weighted by molar-refractivity contribution is 0.0939. The zero-order chi connectivity index (χ0) is 23.4. The molecule has 2 aromatic rings. The molecule has 4 rings (SSSR count). The van der Waals surface area contributed by atoms with Crippen molar-refractivity contribution >= 4 is 29.1 Å². The van der Waals surface area contributed by atoms with Crippen LogP contribution in [0.3, 0.4) is 0 Å². The Bertz CT molecular complexity index is 1140. The highest BCUT2D eigenvalue weighted by Gasteiger charge is 2.44. The van der Waals surface area contributed by atoms with Gasteiger partial charge in [0.25, 0.3) is 11.8 Å². The quantitative estimate of drug-likeness (QED) is 0.544. The molecular formula is C25H28N6O2. The molecule has 0 bridgehead atoms. The van der Waals surface area contributed by atoms with Gasteiger partial charge in [0.2, 0.25) is 0 Å². The van der Waals surface area contributed by atoms with Gasteiger partial charge in [-0.1, -0.05) is 19.9 Å². The largest absolute Gasteiger partial charge is 0.356 e. The van der Waals surface area contributed by atoms with Crippen LogP contribution in [0.4, 0.5) is 11.4 Å². The number of aliphatic imine (C=N–C) groups is 1. The van der Waals surface area contributed by atoms with Crippen LogP contribution in [0.5, 0.6) is 0 Å². The van der Waals surface area contributed by atoms with Gasteiger partial charge in [0.1, 0.15) is 5.54 Å². The lowest BCUT2D eigenvalue weighted by Gasteiger charge is -2.18. The second kappa shape index (κ2) is 9.33. The highest BCUT2D eigenvalue weighted by Crippen LogP contribution is 2.35. The van der Waals surface area contributed by atoms with Gasteiger partial charge in [0.15, 0.2) is 5.96 Å². The van der Waals surface area contributed by atoms with Crippen molar-refractivity contribution in [2.24, 2.45) is 4.99 Å². The Morgan fingerprint density at radius 1 is 1.12 bits per heavy atom. The van der Waals surface area contributed by atoms with E-state index in [-0.39, 0.29) is 17.7 Å². The Hall–Kier alpha value is -3.86. The first-order valence-corrected chi connectivity index (χ1v) is 11.2. The third kappa shape index (κ3) is 5.32. The van der Waals surface area contributed by atoms with Gasteiger partial charge in [0, 0.05) is 35.6 Å². The predicted octanol–water partition coefficient (Wildman–Crippen LogP) is 3.42. The maximum absolute atomic E-state index is 12.7. The Labute approximate surface area is 193 Å². The van der Waals surface area contributed by atoms with E-state index < -0.39 is 5.54 Å². The van der Waals surface area contributed by atoms with E-state index in [1.54, 1.807) is 24.3 Å². The van der Waals surface area contributed by atoms with E-state index in [1.165, 1.54) is 0 Å². The molecule has 0 saturated heterocycles. The molecule has 0 unspecified atom stereocenters. The zero-order valence-corrected chi connectivity index (χ0v) is 18.9. The lowest BCUT2D eigenvalue weighted by atomic mass is 9.98. The highest BCUT2D eigenvalue weighted by molar-refractivity contribution is 6.06. The minimum absolute atomic E-state index is 0.169. The Morgan fingerprint density at radius 2 is 1.91 bits per heavy atom. The van der Waals surface area contributed by atoms with Gasteiger partial charge in [-0.15, -0.1) is 0 Å². The first-order chi connectivity index (χ1) is 15.9.